The lowest BCUT2D eigenvalue weighted by Crippen LogP contribution is -2.15. The summed E-state index contributed by atoms with van der Waals surface area (Å²) in [5, 5.41) is 0.0854. The Morgan fingerprint density at radius 2 is 1.89 bits per heavy atom. The molecule has 0 saturated heterocycles. The van der Waals surface area contributed by atoms with Gasteiger partial charge in [-0.1, -0.05) is 11.6 Å². The number of pyridine rings is 1. The van der Waals surface area contributed by atoms with Crippen LogP contribution in [0.2, 0.25) is 5.02 Å². The minimum Gasteiger partial charge on any atom is -0.321 e. The van der Waals surface area contributed by atoms with Gasteiger partial charge in [0, 0.05) is 34.2 Å². The predicted octanol–water partition coefficient (Wildman–Crippen LogP) is 3.11. The summed E-state index contributed by atoms with van der Waals surface area (Å²) in [4.78, 5) is 22.7. The second-order valence-electron chi connectivity index (χ2n) is 4.18. The summed E-state index contributed by atoms with van der Waals surface area (Å²) in [5.41, 5.74) is 1.83. The van der Waals surface area contributed by atoms with E-state index in [4.69, 9.17) is 23.2 Å². The molecule has 0 unspecified atom stereocenters. The number of nitrogens with zero attached hydrogens (tertiary/aromatic N) is 1. The number of hydrogen-bond donors (Lipinski definition) is 0. The number of aryl methyl sites for hydroxylation is 1. The van der Waals surface area contributed by atoms with Crippen molar-refractivity contribution < 1.29 is 4.79 Å². The first-order chi connectivity index (χ1) is 8.97. The summed E-state index contributed by atoms with van der Waals surface area (Å²) in [6.07, 6.45) is 1.56. The molecule has 0 radical (unpaired) electrons. The van der Waals surface area contributed by atoms with E-state index in [0.29, 0.717) is 10.6 Å². The van der Waals surface area contributed by atoms with Crippen LogP contribution in [0.15, 0.2) is 41.3 Å². The van der Waals surface area contributed by atoms with Crippen LogP contribution in [0, 0.1) is 6.92 Å². The molecular formula is C14H11Cl2NO2. The van der Waals surface area contributed by atoms with Gasteiger partial charge in [0.2, 0.25) is 5.24 Å². The van der Waals surface area contributed by atoms with E-state index in [1.54, 1.807) is 18.3 Å². The third-order valence-corrected chi connectivity index (χ3v) is 3.14. The Balaban J connectivity index is 2.54. The van der Waals surface area contributed by atoms with E-state index in [-0.39, 0.29) is 11.8 Å². The summed E-state index contributed by atoms with van der Waals surface area (Å²) in [6.45, 7) is 1.82. The highest BCUT2D eigenvalue weighted by Crippen LogP contribution is 2.15. The van der Waals surface area contributed by atoms with Gasteiger partial charge in [-0.3, -0.25) is 9.59 Å². The fourth-order valence-electron chi connectivity index (χ4n) is 1.84. The van der Waals surface area contributed by atoms with Gasteiger partial charge in [0.15, 0.2) is 5.43 Å². The summed E-state index contributed by atoms with van der Waals surface area (Å²) in [6, 6.07) is 8.70. The van der Waals surface area contributed by atoms with Crippen LogP contribution in [-0.4, -0.2) is 9.81 Å². The van der Waals surface area contributed by atoms with Crippen LogP contribution in [0.25, 0.3) is 5.69 Å². The van der Waals surface area contributed by atoms with Crippen molar-refractivity contribution in [2.24, 2.45) is 0 Å². The van der Waals surface area contributed by atoms with Crippen LogP contribution in [-0.2, 0) is 11.2 Å². The molecule has 0 bridgehead atoms. The Bertz CT molecular complexity index is 675. The van der Waals surface area contributed by atoms with E-state index in [9.17, 15) is 9.59 Å². The maximum absolute atomic E-state index is 11.8. The van der Waals surface area contributed by atoms with Gasteiger partial charge in [0.1, 0.15) is 0 Å². The minimum atomic E-state index is -0.552. The standard InChI is InChI=1S/C14H11Cl2NO2/c1-9-6-13(18)10(7-14(16)19)8-17(9)12-4-2-11(15)3-5-12/h2-6,8H,7H2,1H3. The minimum absolute atomic E-state index is 0.0751. The fourth-order valence-corrected chi connectivity index (χ4v) is 2.11. The van der Waals surface area contributed by atoms with Crippen molar-refractivity contribution in [2.75, 3.05) is 0 Å². The molecule has 19 heavy (non-hydrogen) atoms. The monoisotopic (exact) mass is 295 g/mol. The molecule has 1 aromatic heterocycles. The average molecular weight is 296 g/mol. The molecule has 0 aliphatic heterocycles. The zero-order chi connectivity index (χ0) is 14.0. The second-order valence-corrected chi connectivity index (χ2v) is 5.04. The van der Waals surface area contributed by atoms with Gasteiger partial charge in [-0.25, -0.2) is 0 Å². The van der Waals surface area contributed by atoms with Crippen LogP contribution in [0.1, 0.15) is 11.3 Å². The summed E-state index contributed by atoms with van der Waals surface area (Å²) < 4.78 is 1.83. The van der Waals surface area contributed by atoms with E-state index in [0.717, 1.165) is 11.4 Å². The van der Waals surface area contributed by atoms with Gasteiger partial charge >= 0.3 is 0 Å². The zero-order valence-electron chi connectivity index (χ0n) is 10.2. The van der Waals surface area contributed by atoms with E-state index in [1.165, 1.54) is 6.07 Å². The number of rotatable bonds is 3. The maximum atomic E-state index is 11.8. The highest BCUT2D eigenvalue weighted by Gasteiger charge is 2.08. The molecule has 2 rings (SSSR count). The quantitative estimate of drug-likeness (QED) is 0.816. The third-order valence-electron chi connectivity index (χ3n) is 2.76. The van der Waals surface area contributed by atoms with Crippen molar-refractivity contribution in [2.45, 2.75) is 13.3 Å². The summed E-state index contributed by atoms with van der Waals surface area (Å²) in [7, 11) is 0. The van der Waals surface area contributed by atoms with Gasteiger partial charge in [-0.15, -0.1) is 0 Å². The smallest absolute Gasteiger partial charge is 0.226 e. The van der Waals surface area contributed by atoms with Crippen molar-refractivity contribution in [3.8, 4) is 5.69 Å². The molecule has 1 aromatic carbocycles. The first-order valence-corrected chi connectivity index (χ1v) is 6.39. The van der Waals surface area contributed by atoms with Crippen molar-refractivity contribution in [3.63, 3.8) is 0 Å². The topological polar surface area (TPSA) is 39.1 Å². The summed E-state index contributed by atoms with van der Waals surface area (Å²) in [5.74, 6) is 0. The number of aromatic nitrogens is 1. The van der Waals surface area contributed by atoms with Gasteiger partial charge in [-0.2, -0.15) is 0 Å². The van der Waals surface area contributed by atoms with Crippen LogP contribution in [0.3, 0.4) is 0 Å². The molecule has 0 atom stereocenters. The first kappa shape index (κ1) is 13.8. The molecule has 0 aliphatic rings. The number of hydrogen-bond acceptors (Lipinski definition) is 2. The number of carbonyl (C=O) groups is 1. The Kier molecular flexibility index (Phi) is 4.08. The molecule has 0 fully saturated rings. The third kappa shape index (κ3) is 3.25. The highest BCUT2D eigenvalue weighted by molar-refractivity contribution is 6.63. The van der Waals surface area contributed by atoms with Gasteiger partial charge in [0.25, 0.3) is 0 Å². The Morgan fingerprint density at radius 3 is 2.47 bits per heavy atom. The van der Waals surface area contributed by atoms with Crippen molar-refractivity contribution in [1.82, 2.24) is 4.57 Å². The molecular weight excluding hydrogens is 285 g/mol. The lowest BCUT2D eigenvalue weighted by Gasteiger charge is -2.12. The van der Waals surface area contributed by atoms with E-state index >= 15 is 0 Å². The number of carbonyl (C=O) groups excluding carboxylic acids is 1. The van der Waals surface area contributed by atoms with Crippen LogP contribution >= 0.6 is 23.2 Å². The first-order valence-electron chi connectivity index (χ1n) is 5.64. The van der Waals surface area contributed by atoms with E-state index in [2.05, 4.69) is 0 Å². The molecule has 0 spiro atoms. The molecule has 0 aliphatic carbocycles. The van der Waals surface area contributed by atoms with Crippen LogP contribution in [0.5, 0.6) is 0 Å². The number of halogens is 2. The van der Waals surface area contributed by atoms with Gasteiger partial charge in [-0.05, 0) is 42.8 Å². The molecule has 0 amide bonds. The molecule has 5 heteroatoms. The molecule has 3 nitrogen and oxygen atoms in total. The largest absolute Gasteiger partial charge is 0.321 e. The highest BCUT2D eigenvalue weighted by atomic mass is 35.5. The van der Waals surface area contributed by atoms with Crippen molar-refractivity contribution in [1.29, 1.82) is 0 Å². The molecule has 1 heterocycles. The Hall–Kier alpha value is -1.58. The Labute approximate surface area is 120 Å². The Morgan fingerprint density at radius 1 is 1.26 bits per heavy atom. The SMILES string of the molecule is Cc1cc(=O)c(CC(=O)Cl)cn1-c1ccc(Cl)cc1. The van der Waals surface area contributed by atoms with E-state index in [1.807, 2.05) is 23.6 Å². The average Bonchev–Trinajstić information content (AvgIpc) is 2.33. The predicted molar refractivity (Wildman–Crippen MR) is 76.4 cm³/mol. The zero-order valence-corrected chi connectivity index (χ0v) is 11.7. The number of benzene rings is 1. The van der Waals surface area contributed by atoms with Crippen molar-refractivity contribution in [3.05, 3.63) is 63.0 Å². The fraction of sp³-hybridized carbons (Fsp3) is 0.143. The maximum Gasteiger partial charge on any atom is 0.226 e. The molecule has 98 valence electrons. The molecule has 2 aromatic rings. The van der Waals surface area contributed by atoms with Gasteiger partial charge < -0.3 is 4.57 Å². The molecule has 0 N–H and O–H groups in total. The second kappa shape index (κ2) is 5.59. The van der Waals surface area contributed by atoms with E-state index < -0.39 is 5.24 Å². The lowest BCUT2D eigenvalue weighted by molar-refractivity contribution is -0.111. The summed E-state index contributed by atoms with van der Waals surface area (Å²) >= 11 is 11.2. The van der Waals surface area contributed by atoms with Gasteiger partial charge in [0.05, 0.1) is 6.42 Å². The lowest BCUT2D eigenvalue weighted by atomic mass is 10.2. The van der Waals surface area contributed by atoms with Crippen LogP contribution < -0.4 is 5.43 Å². The molecule has 0 saturated carbocycles. The normalized spacial score (nSPS) is 10.5. The van der Waals surface area contributed by atoms with Crippen molar-refractivity contribution >= 4 is 28.4 Å². The van der Waals surface area contributed by atoms with Crippen LogP contribution in [0.4, 0.5) is 0 Å².